The van der Waals surface area contributed by atoms with Crippen molar-refractivity contribution in [2.24, 2.45) is 0 Å². The van der Waals surface area contributed by atoms with Gasteiger partial charge in [0.15, 0.2) is 0 Å². The normalized spacial score (nSPS) is 21.9. The van der Waals surface area contributed by atoms with E-state index in [1.807, 2.05) is 6.20 Å². The Morgan fingerprint density at radius 3 is 2.57 bits per heavy atom. The Labute approximate surface area is 139 Å². The summed E-state index contributed by atoms with van der Waals surface area (Å²) in [6.45, 7) is 4.55. The minimum atomic E-state index is 0.513. The van der Waals surface area contributed by atoms with Crippen molar-refractivity contribution >= 4 is 5.82 Å². The maximum Gasteiger partial charge on any atom is 0.133 e. The second kappa shape index (κ2) is 6.71. The summed E-state index contributed by atoms with van der Waals surface area (Å²) in [6.07, 6.45) is 7.08. The zero-order chi connectivity index (χ0) is 15.5. The fraction of sp³-hybridized carbons (Fsp3) is 0.450. The molecule has 0 amide bonds. The van der Waals surface area contributed by atoms with Crippen LogP contribution in [-0.2, 0) is 6.54 Å². The van der Waals surface area contributed by atoms with Gasteiger partial charge < -0.3 is 4.90 Å². The molecule has 2 aromatic rings. The van der Waals surface area contributed by atoms with E-state index in [1.165, 1.54) is 49.2 Å². The molecule has 0 spiro atoms. The summed E-state index contributed by atoms with van der Waals surface area (Å²) >= 11 is 0. The third-order valence-electron chi connectivity index (χ3n) is 5.17. The van der Waals surface area contributed by atoms with E-state index in [1.54, 1.807) is 0 Å². The van der Waals surface area contributed by atoms with Crippen molar-refractivity contribution < 1.29 is 0 Å². The van der Waals surface area contributed by atoms with Gasteiger partial charge in [-0.1, -0.05) is 36.4 Å². The van der Waals surface area contributed by atoms with Crippen LogP contribution >= 0.6 is 0 Å². The largest absolute Gasteiger partial charge is 0.356 e. The van der Waals surface area contributed by atoms with Crippen LogP contribution in [0, 0.1) is 0 Å². The topological polar surface area (TPSA) is 19.4 Å². The maximum absolute atomic E-state index is 4.75. The summed E-state index contributed by atoms with van der Waals surface area (Å²) in [6, 6.07) is 15.8. The van der Waals surface area contributed by atoms with Crippen molar-refractivity contribution in [3.05, 3.63) is 59.8 Å². The van der Waals surface area contributed by atoms with Gasteiger partial charge in [0.25, 0.3) is 0 Å². The second-order valence-electron chi connectivity index (χ2n) is 6.72. The van der Waals surface area contributed by atoms with Crippen LogP contribution in [0.5, 0.6) is 0 Å². The zero-order valence-corrected chi connectivity index (χ0v) is 13.7. The second-order valence-corrected chi connectivity index (χ2v) is 6.72. The Balaban J connectivity index is 1.59. The molecular formula is C20H25N3. The highest BCUT2D eigenvalue weighted by atomic mass is 15.2. The zero-order valence-electron chi connectivity index (χ0n) is 13.7. The van der Waals surface area contributed by atoms with E-state index < -0.39 is 0 Å². The monoisotopic (exact) mass is 307 g/mol. The quantitative estimate of drug-likeness (QED) is 0.850. The van der Waals surface area contributed by atoms with E-state index in [0.29, 0.717) is 6.04 Å². The molecule has 3 nitrogen and oxygen atoms in total. The standard InChI is InChI=1S/C20H25N3/c1-2-8-17(9-3-1)16-23-15-7-11-19(23)18-10-6-12-21-20(18)22-13-4-5-14-22/h1-3,6,8-10,12,19H,4-5,7,11,13-16H2/t19-/m0/s1. The molecule has 2 fully saturated rings. The van der Waals surface area contributed by atoms with Crippen LogP contribution in [0.25, 0.3) is 0 Å². The number of rotatable bonds is 4. The van der Waals surface area contributed by atoms with Crippen LogP contribution < -0.4 is 4.90 Å². The number of pyridine rings is 1. The van der Waals surface area contributed by atoms with Crippen LogP contribution in [0.2, 0.25) is 0 Å². The number of anilines is 1. The van der Waals surface area contributed by atoms with Gasteiger partial charge in [0.1, 0.15) is 5.82 Å². The van der Waals surface area contributed by atoms with E-state index in [0.717, 1.165) is 19.6 Å². The number of aromatic nitrogens is 1. The molecular weight excluding hydrogens is 282 g/mol. The molecule has 0 N–H and O–H groups in total. The number of benzene rings is 1. The van der Waals surface area contributed by atoms with E-state index in [4.69, 9.17) is 4.98 Å². The van der Waals surface area contributed by atoms with Crippen LogP contribution in [0.15, 0.2) is 48.7 Å². The molecule has 0 aliphatic carbocycles. The Morgan fingerprint density at radius 2 is 1.74 bits per heavy atom. The molecule has 23 heavy (non-hydrogen) atoms. The number of likely N-dealkylation sites (tertiary alicyclic amines) is 1. The first-order valence-electron chi connectivity index (χ1n) is 8.90. The third-order valence-corrected chi connectivity index (χ3v) is 5.17. The first kappa shape index (κ1) is 14.7. The molecule has 0 bridgehead atoms. The number of hydrogen-bond acceptors (Lipinski definition) is 3. The summed E-state index contributed by atoms with van der Waals surface area (Å²) in [4.78, 5) is 9.86. The van der Waals surface area contributed by atoms with Gasteiger partial charge in [-0.25, -0.2) is 4.98 Å². The molecule has 2 saturated heterocycles. The van der Waals surface area contributed by atoms with Crippen molar-refractivity contribution in [3.8, 4) is 0 Å². The highest BCUT2D eigenvalue weighted by Crippen LogP contribution is 2.37. The number of hydrogen-bond donors (Lipinski definition) is 0. The fourth-order valence-electron chi connectivity index (χ4n) is 4.05. The summed E-state index contributed by atoms with van der Waals surface area (Å²) in [5, 5.41) is 0. The molecule has 0 unspecified atom stereocenters. The average molecular weight is 307 g/mol. The van der Waals surface area contributed by atoms with Crippen molar-refractivity contribution in [2.75, 3.05) is 24.5 Å². The Hall–Kier alpha value is -1.87. The van der Waals surface area contributed by atoms with Gasteiger partial charge in [-0.15, -0.1) is 0 Å². The van der Waals surface area contributed by atoms with Crippen LogP contribution in [0.1, 0.15) is 42.9 Å². The first-order chi connectivity index (χ1) is 11.4. The SMILES string of the molecule is c1ccc(CN2CCC[C@H]2c2cccnc2N2CCCC2)cc1. The summed E-state index contributed by atoms with van der Waals surface area (Å²) in [5.74, 6) is 1.23. The first-order valence-corrected chi connectivity index (χ1v) is 8.90. The van der Waals surface area contributed by atoms with Gasteiger partial charge in [0, 0.05) is 37.4 Å². The fourth-order valence-corrected chi connectivity index (χ4v) is 4.05. The lowest BCUT2D eigenvalue weighted by molar-refractivity contribution is 0.248. The van der Waals surface area contributed by atoms with Gasteiger partial charge in [-0.05, 0) is 43.9 Å². The lowest BCUT2D eigenvalue weighted by Gasteiger charge is -2.29. The lowest BCUT2D eigenvalue weighted by atomic mass is 10.0. The Bertz CT molecular complexity index is 634. The molecule has 3 heteroatoms. The predicted molar refractivity (Wildman–Crippen MR) is 94.5 cm³/mol. The molecule has 1 atom stereocenters. The maximum atomic E-state index is 4.75. The summed E-state index contributed by atoms with van der Waals surface area (Å²) in [7, 11) is 0. The molecule has 1 aromatic heterocycles. The minimum absolute atomic E-state index is 0.513. The molecule has 3 heterocycles. The summed E-state index contributed by atoms with van der Waals surface area (Å²) < 4.78 is 0. The molecule has 2 aliphatic rings. The van der Waals surface area contributed by atoms with E-state index >= 15 is 0 Å². The highest BCUT2D eigenvalue weighted by molar-refractivity contribution is 5.49. The molecule has 120 valence electrons. The van der Waals surface area contributed by atoms with Gasteiger partial charge in [-0.3, -0.25) is 4.90 Å². The van der Waals surface area contributed by atoms with Crippen LogP contribution in [0.4, 0.5) is 5.82 Å². The van der Waals surface area contributed by atoms with Gasteiger partial charge in [0.05, 0.1) is 0 Å². The third kappa shape index (κ3) is 3.11. The minimum Gasteiger partial charge on any atom is -0.356 e. The number of nitrogens with zero attached hydrogens (tertiary/aromatic N) is 3. The van der Waals surface area contributed by atoms with E-state index in [2.05, 4.69) is 52.3 Å². The molecule has 0 radical (unpaired) electrons. The van der Waals surface area contributed by atoms with Crippen molar-refractivity contribution in [1.29, 1.82) is 0 Å². The molecule has 2 aliphatic heterocycles. The van der Waals surface area contributed by atoms with Crippen molar-refractivity contribution in [2.45, 2.75) is 38.3 Å². The lowest BCUT2D eigenvalue weighted by Crippen LogP contribution is -2.26. The van der Waals surface area contributed by atoms with Crippen LogP contribution in [0.3, 0.4) is 0 Å². The Kier molecular flexibility index (Phi) is 4.29. The smallest absolute Gasteiger partial charge is 0.133 e. The average Bonchev–Trinajstić information content (AvgIpc) is 3.27. The molecule has 1 aromatic carbocycles. The predicted octanol–water partition coefficient (Wildman–Crippen LogP) is 4.02. The van der Waals surface area contributed by atoms with E-state index in [-0.39, 0.29) is 0 Å². The molecule has 4 rings (SSSR count). The van der Waals surface area contributed by atoms with Gasteiger partial charge in [-0.2, -0.15) is 0 Å². The van der Waals surface area contributed by atoms with E-state index in [9.17, 15) is 0 Å². The Morgan fingerprint density at radius 1 is 0.913 bits per heavy atom. The van der Waals surface area contributed by atoms with Crippen molar-refractivity contribution in [1.82, 2.24) is 9.88 Å². The molecule has 0 saturated carbocycles. The highest BCUT2D eigenvalue weighted by Gasteiger charge is 2.30. The van der Waals surface area contributed by atoms with Gasteiger partial charge in [0.2, 0.25) is 0 Å². The van der Waals surface area contributed by atoms with Crippen LogP contribution in [-0.4, -0.2) is 29.5 Å². The van der Waals surface area contributed by atoms with Gasteiger partial charge >= 0.3 is 0 Å². The summed E-state index contributed by atoms with van der Waals surface area (Å²) in [5.41, 5.74) is 2.84. The van der Waals surface area contributed by atoms with Crippen molar-refractivity contribution in [3.63, 3.8) is 0 Å².